The second-order valence-electron chi connectivity index (χ2n) is 5.71. The molecule has 0 radical (unpaired) electrons. The molecule has 0 saturated heterocycles. The number of ketones is 1. The van der Waals surface area contributed by atoms with E-state index in [4.69, 9.17) is 9.26 Å². The zero-order valence-electron chi connectivity index (χ0n) is 12.2. The number of rotatable bonds is 3. The number of aromatic nitrogens is 1. The lowest BCUT2D eigenvalue weighted by molar-refractivity contribution is 0.103. The number of carbonyl (C=O) groups is 1. The molecule has 23 heavy (non-hydrogen) atoms. The average molecular weight is 335 g/mol. The van der Waals surface area contributed by atoms with Crippen LogP contribution in [0.1, 0.15) is 46.9 Å². The highest BCUT2D eigenvalue weighted by Crippen LogP contribution is 2.42. The van der Waals surface area contributed by atoms with Crippen molar-refractivity contribution in [2.45, 2.75) is 30.1 Å². The fraction of sp³-hybridized carbons (Fsp3) is 0.375. The Labute approximate surface area is 134 Å². The number of hydrogen-bond donors (Lipinski definition) is 0. The third-order valence-corrected chi connectivity index (χ3v) is 5.57. The Morgan fingerprint density at radius 2 is 2.13 bits per heavy atom. The molecule has 1 fully saturated rings. The highest BCUT2D eigenvalue weighted by atomic mass is 32.2. The summed E-state index contributed by atoms with van der Waals surface area (Å²) in [6.45, 7) is 0.286. The summed E-state index contributed by atoms with van der Waals surface area (Å²) in [6, 6.07) is 2.55. The minimum Gasteiger partial charge on any atom is -0.489 e. The van der Waals surface area contributed by atoms with Crippen LogP contribution >= 0.6 is 0 Å². The molecule has 0 spiro atoms. The maximum atomic E-state index is 14.0. The van der Waals surface area contributed by atoms with Gasteiger partial charge in [-0.05, 0) is 31.4 Å². The first kappa shape index (κ1) is 14.6. The first-order chi connectivity index (χ1) is 11.2. The molecule has 0 bridgehead atoms. The van der Waals surface area contributed by atoms with Gasteiger partial charge in [0.15, 0.2) is 23.1 Å². The molecule has 5 nitrogen and oxygen atoms in total. The van der Waals surface area contributed by atoms with Crippen LogP contribution in [0.5, 0.6) is 5.75 Å². The van der Waals surface area contributed by atoms with Gasteiger partial charge in [0, 0.05) is 17.2 Å². The van der Waals surface area contributed by atoms with Crippen molar-refractivity contribution >= 4 is 16.6 Å². The van der Waals surface area contributed by atoms with Gasteiger partial charge < -0.3 is 9.26 Å². The number of nitrogens with zero attached hydrogens (tertiary/aromatic N) is 1. The van der Waals surface area contributed by atoms with Gasteiger partial charge in [-0.2, -0.15) is 0 Å². The van der Waals surface area contributed by atoms with Gasteiger partial charge in [0.05, 0.1) is 34.1 Å². The molecule has 7 heteroatoms. The van der Waals surface area contributed by atoms with Crippen LogP contribution in [-0.4, -0.2) is 27.5 Å². The van der Waals surface area contributed by atoms with E-state index < -0.39 is 16.6 Å². The van der Waals surface area contributed by atoms with Crippen LogP contribution in [0.3, 0.4) is 0 Å². The Bertz CT molecular complexity index is 812. The van der Waals surface area contributed by atoms with Gasteiger partial charge in [-0.15, -0.1) is 0 Å². The van der Waals surface area contributed by atoms with Crippen molar-refractivity contribution in [3.05, 3.63) is 41.0 Å². The summed E-state index contributed by atoms with van der Waals surface area (Å²) in [6.07, 6.45) is 3.86. The molecule has 1 aliphatic carbocycles. The summed E-state index contributed by atoms with van der Waals surface area (Å²) in [4.78, 5) is 13.0. The van der Waals surface area contributed by atoms with Crippen molar-refractivity contribution in [1.29, 1.82) is 0 Å². The molecule has 0 N–H and O–H groups in total. The standard InChI is InChI=1S/C16H14FNO4S/c17-12-5-4-10(16-15(12)21-6-1-7-23(16)20)13(19)11-8-18-22-14(11)9-2-3-9/h4-5,8-9H,1-3,6-7H2. The van der Waals surface area contributed by atoms with Crippen molar-refractivity contribution in [3.8, 4) is 5.75 Å². The summed E-state index contributed by atoms with van der Waals surface area (Å²) in [5.74, 6) is 0.111. The highest BCUT2D eigenvalue weighted by Gasteiger charge is 2.34. The van der Waals surface area contributed by atoms with E-state index in [1.807, 2.05) is 0 Å². The summed E-state index contributed by atoms with van der Waals surface area (Å²) >= 11 is 0. The lowest BCUT2D eigenvalue weighted by atomic mass is 10.0. The highest BCUT2D eigenvalue weighted by molar-refractivity contribution is 7.85. The Balaban J connectivity index is 1.84. The third-order valence-electron chi connectivity index (χ3n) is 4.05. The van der Waals surface area contributed by atoms with Crippen LogP contribution in [-0.2, 0) is 10.8 Å². The van der Waals surface area contributed by atoms with E-state index in [-0.39, 0.29) is 34.5 Å². The zero-order valence-corrected chi connectivity index (χ0v) is 13.0. The quantitative estimate of drug-likeness (QED) is 0.807. The van der Waals surface area contributed by atoms with Crippen LogP contribution < -0.4 is 4.74 Å². The van der Waals surface area contributed by atoms with E-state index in [2.05, 4.69) is 5.16 Å². The fourth-order valence-corrected chi connectivity index (χ4v) is 4.10. The number of fused-ring (bicyclic) bond motifs is 1. The molecule has 1 aromatic carbocycles. The van der Waals surface area contributed by atoms with Crippen molar-refractivity contribution < 1.29 is 22.7 Å². The van der Waals surface area contributed by atoms with Crippen LogP contribution in [0.15, 0.2) is 27.7 Å². The van der Waals surface area contributed by atoms with Crippen LogP contribution in [0.25, 0.3) is 0 Å². The number of hydrogen-bond acceptors (Lipinski definition) is 5. The monoisotopic (exact) mass is 335 g/mol. The normalized spacial score (nSPS) is 20.5. The second kappa shape index (κ2) is 5.56. The van der Waals surface area contributed by atoms with Crippen molar-refractivity contribution in [2.24, 2.45) is 0 Å². The maximum Gasteiger partial charge on any atom is 0.199 e. The lowest BCUT2D eigenvalue weighted by Crippen LogP contribution is -2.10. The first-order valence-corrected chi connectivity index (χ1v) is 8.81. The van der Waals surface area contributed by atoms with E-state index in [1.165, 1.54) is 18.3 Å². The predicted molar refractivity (Wildman–Crippen MR) is 79.7 cm³/mol. The zero-order chi connectivity index (χ0) is 16.0. The number of carbonyl (C=O) groups excluding carboxylic acids is 1. The van der Waals surface area contributed by atoms with Crippen molar-refractivity contribution in [2.75, 3.05) is 12.4 Å². The summed E-state index contributed by atoms with van der Waals surface area (Å²) in [5, 5.41) is 3.72. The van der Waals surface area contributed by atoms with E-state index in [0.717, 1.165) is 12.8 Å². The number of halogens is 1. The Hall–Kier alpha value is -2.02. The minimum absolute atomic E-state index is 0.0730. The molecule has 1 saturated carbocycles. The molecule has 1 atom stereocenters. The third kappa shape index (κ3) is 2.49. The SMILES string of the molecule is O=C(c1cnoc1C1CC1)c1ccc(F)c2c1S(=O)CCCO2. The largest absolute Gasteiger partial charge is 0.489 e. The maximum absolute atomic E-state index is 14.0. The van der Waals surface area contributed by atoms with Gasteiger partial charge in [0.1, 0.15) is 0 Å². The molecule has 120 valence electrons. The van der Waals surface area contributed by atoms with E-state index in [0.29, 0.717) is 23.5 Å². The van der Waals surface area contributed by atoms with Gasteiger partial charge in [0.2, 0.25) is 0 Å². The van der Waals surface area contributed by atoms with Crippen LogP contribution in [0.4, 0.5) is 4.39 Å². The number of benzene rings is 1. The smallest absolute Gasteiger partial charge is 0.199 e. The topological polar surface area (TPSA) is 69.4 Å². The predicted octanol–water partition coefficient (Wildman–Crippen LogP) is 2.81. The summed E-state index contributed by atoms with van der Waals surface area (Å²) < 4.78 is 37.1. The van der Waals surface area contributed by atoms with E-state index in [1.54, 1.807) is 0 Å². The summed E-state index contributed by atoms with van der Waals surface area (Å²) in [7, 11) is -1.48. The molecule has 1 unspecified atom stereocenters. The van der Waals surface area contributed by atoms with Gasteiger partial charge in [-0.1, -0.05) is 5.16 Å². The average Bonchev–Trinajstić information content (AvgIpc) is 3.31. The van der Waals surface area contributed by atoms with Gasteiger partial charge in [-0.3, -0.25) is 9.00 Å². The minimum atomic E-state index is -1.48. The van der Waals surface area contributed by atoms with Crippen molar-refractivity contribution in [1.82, 2.24) is 5.16 Å². The molecule has 2 aliphatic rings. The van der Waals surface area contributed by atoms with Gasteiger partial charge >= 0.3 is 0 Å². The molecular formula is C16H14FNO4S. The second-order valence-corrected chi connectivity index (χ2v) is 7.22. The van der Waals surface area contributed by atoms with Crippen LogP contribution in [0, 0.1) is 5.82 Å². The van der Waals surface area contributed by atoms with Gasteiger partial charge in [-0.25, -0.2) is 4.39 Å². The molecule has 2 heterocycles. The lowest BCUT2D eigenvalue weighted by Gasteiger charge is -2.11. The number of ether oxygens (including phenoxy) is 1. The molecule has 2 aromatic rings. The molecule has 0 amide bonds. The fourth-order valence-electron chi connectivity index (χ4n) is 2.75. The van der Waals surface area contributed by atoms with E-state index in [9.17, 15) is 13.4 Å². The van der Waals surface area contributed by atoms with Crippen molar-refractivity contribution in [3.63, 3.8) is 0 Å². The Kier molecular flexibility index (Phi) is 3.52. The molecule has 4 rings (SSSR count). The molecular weight excluding hydrogens is 321 g/mol. The molecule has 1 aromatic heterocycles. The Morgan fingerprint density at radius 1 is 1.30 bits per heavy atom. The summed E-state index contributed by atoms with van der Waals surface area (Å²) in [5.41, 5.74) is 0.564. The van der Waals surface area contributed by atoms with Gasteiger partial charge in [0.25, 0.3) is 0 Å². The Morgan fingerprint density at radius 3 is 2.91 bits per heavy atom. The van der Waals surface area contributed by atoms with Crippen LogP contribution in [0.2, 0.25) is 0 Å². The first-order valence-electron chi connectivity index (χ1n) is 7.49. The van der Waals surface area contributed by atoms with E-state index >= 15 is 0 Å². The molecule has 1 aliphatic heterocycles.